The Morgan fingerprint density at radius 3 is 2.48 bits per heavy atom. The van der Waals surface area contributed by atoms with E-state index in [4.69, 9.17) is 9.47 Å². The highest BCUT2D eigenvalue weighted by Gasteiger charge is 2.18. The predicted molar refractivity (Wildman–Crippen MR) is 84.2 cm³/mol. The van der Waals surface area contributed by atoms with E-state index in [9.17, 15) is 5.11 Å². The lowest BCUT2D eigenvalue weighted by atomic mass is 10.0. The highest BCUT2D eigenvalue weighted by Crippen LogP contribution is 2.35. The molecular formula is C17H21NO3. The van der Waals surface area contributed by atoms with E-state index in [0.717, 1.165) is 16.8 Å². The third-order valence-corrected chi connectivity index (χ3v) is 3.35. The number of rotatable bonds is 6. The van der Waals surface area contributed by atoms with Gasteiger partial charge in [0.1, 0.15) is 0 Å². The van der Waals surface area contributed by atoms with Crippen molar-refractivity contribution in [2.24, 2.45) is 0 Å². The molecule has 2 N–H and O–H groups in total. The number of nitrogens with one attached hydrogen (secondary N) is 1. The largest absolute Gasteiger partial charge is 0.493 e. The number of anilines is 1. The third kappa shape index (κ3) is 3.47. The van der Waals surface area contributed by atoms with Gasteiger partial charge in [0.05, 0.1) is 26.9 Å². The average Bonchev–Trinajstić information content (AvgIpc) is 2.51. The van der Waals surface area contributed by atoms with Gasteiger partial charge in [-0.3, -0.25) is 0 Å². The number of methoxy groups -OCH3 is 2. The van der Waals surface area contributed by atoms with Crippen LogP contribution in [0.1, 0.15) is 17.2 Å². The maximum Gasteiger partial charge on any atom is 0.166 e. The summed E-state index contributed by atoms with van der Waals surface area (Å²) in [6, 6.07) is 13.4. The Bertz CT molecular complexity index is 598. The first-order valence-electron chi connectivity index (χ1n) is 6.84. The van der Waals surface area contributed by atoms with Crippen molar-refractivity contribution in [1.82, 2.24) is 0 Å². The molecule has 4 heteroatoms. The first-order valence-corrected chi connectivity index (χ1v) is 6.84. The number of hydrogen-bond donors (Lipinski definition) is 2. The fourth-order valence-corrected chi connectivity index (χ4v) is 2.34. The summed E-state index contributed by atoms with van der Waals surface area (Å²) in [5.74, 6) is 1.29. The van der Waals surface area contributed by atoms with Crippen molar-refractivity contribution in [1.29, 1.82) is 0 Å². The van der Waals surface area contributed by atoms with Crippen molar-refractivity contribution < 1.29 is 14.6 Å². The first kappa shape index (κ1) is 15.2. The fourth-order valence-electron chi connectivity index (χ4n) is 2.34. The standard InChI is InChI=1S/C17H21NO3/c1-12-6-4-7-13(10-12)18-15(11-19)14-8-5-9-16(20-2)17(14)21-3/h4-10,15,18-19H,11H2,1-3H3. The highest BCUT2D eigenvalue weighted by atomic mass is 16.5. The summed E-state index contributed by atoms with van der Waals surface area (Å²) in [7, 11) is 3.20. The van der Waals surface area contributed by atoms with Gasteiger partial charge in [0.15, 0.2) is 11.5 Å². The molecule has 21 heavy (non-hydrogen) atoms. The number of hydrogen-bond acceptors (Lipinski definition) is 4. The van der Waals surface area contributed by atoms with Gasteiger partial charge in [0.25, 0.3) is 0 Å². The van der Waals surface area contributed by atoms with E-state index in [2.05, 4.69) is 5.32 Å². The van der Waals surface area contributed by atoms with Crippen LogP contribution in [-0.4, -0.2) is 25.9 Å². The minimum atomic E-state index is -0.267. The number of aryl methyl sites for hydroxylation is 1. The molecule has 2 aromatic rings. The second-order valence-electron chi connectivity index (χ2n) is 4.83. The molecule has 0 aromatic heterocycles. The van der Waals surface area contributed by atoms with E-state index in [0.29, 0.717) is 11.5 Å². The lowest BCUT2D eigenvalue weighted by Crippen LogP contribution is -2.16. The van der Waals surface area contributed by atoms with E-state index in [1.165, 1.54) is 0 Å². The van der Waals surface area contributed by atoms with Crippen molar-refractivity contribution in [2.45, 2.75) is 13.0 Å². The second kappa shape index (κ2) is 6.99. The van der Waals surface area contributed by atoms with Crippen molar-refractivity contribution in [3.8, 4) is 11.5 Å². The molecule has 2 aromatic carbocycles. The first-order chi connectivity index (χ1) is 10.2. The van der Waals surface area contributed by atoms with E-state index < -0.39 is 0 Å². The lowest BCUT2D eigenvalue weighted by molar-refractivity contribution is 0.271. The zero-order valence-corrected chi connectivity index (χ0v) is 12.6. The van der Waals surface area contributed by atoms with E-state index in [1.807, 2.05) is 49.4 Å². The van der Waals surface area contributed by atoms with Gasteiger partial charge in [-0.25, -0.2) is 0 Å². The molecule has 0 heterocycles. The minimum Gasteiger partial charge on any atom is -0.493 e. The van der Waals surface area contributed by atoms with Gasteiger partial charge in [-0.2, -0.15) is 0 Å². The van der Waals surface area contributed by atoms with Crippen LogP contribution < -0.4 is 14.8 Å². The van der Waals surface area contributed by atoms with Crippen molar-refractivity contribution >= 4 is 5.69 Å². The fraction of sp³-hybridized carbons (Fsp3) is 0.294. The Labute approximate surface area is 125 Å². The van der Waals surface area contributed by atoms with Crippen LogP contribution in [0.4, 0.5) is 5.69 Å². The quantitative estimate of drug-likeness (QED) is 0.857. The summed E-state index contributed by atoms with van der Waals surface area (Å²) in [4.78, 5) is 0. The topological polar surface area (TPSA) is 50.7 Å². The SMILES string of the molecule is COc1cccc(C(CO)Nc2cccc(C)c2)c1OC. The molecule has 0 saturated heterocycles. The van der Waals surface area contributed by atoms with Crippen LogP contribution in [-0.2, 0) is 0 Å². The molecular weight excluding hydrogens is 266 g/mol. The summed E-state index contributed by atoms with van der Waals surface area (Å²) >= 11 is 0. The molecule has 1 unspecified atom stereocenters. The van der Waals surface area contributed by atoms with Gasteiger partial charge in [-0.05, 0) is 30.7 Å². The molecule has 0 aliphatic rings. The number of aliphatic hydroxyl groups excluding tert-OH is 1. The maximum atomic E-state index is 9.73. The van der Waals surface area contributed by atoms with Gasteiger partial charge in [0, 0.05) is 11.3 Å². The summed E-state index contributed by atoms with van der Waals surface area (Å²) in [5, 5.41) is 13.1. The normalized spacial score (nSPS) is 11.8. The molecule has 112 valence electrons. The van der Waals surface area contributed by atoms with Gasteiger partial charge >= 0.3 is 0 Å². The van der Waals surface area contributed by atoms with Crippen LogP contribution in [0.5, 0.6) is 11.5 Å². The van der Waals surface area contributed by atoms with Crippen molar-refractivity contribution in [3.05, 3.63) is 53.6 Å². The molecule has 0 aliphatic carbocycles. The molecule has 0 spiro atoms. The van der Waals surface area contributed by atoms with E-state index >= 15 is 0 Å². The van der Waals surface area contributed by atoms with Crippen LogP contribution in [0.25, 0.3) is 0 Å². The van der Waals surface area contributed by atoms with E-state index in [-0.39, 0.29) is 12.6 Å². The molecule has 0 bridgehead atoms. The molecule has 0 aliphatic heterocycles. The zero-order chi connectivity index (χ0) is 15.2. The Kier molecular flexibility index (Phi) is 5.06. The van der Waals surface area contributed by atoms with Gasteiger partial charge in [-0.1, -0.05) is 24.3 Å². The summed E-state index contributed by atoms with van der Waals surface area (Å²) in [6.45, 7) is 1.99. The van der Waals surface area contributed by atoms with Crippen LogP contribution in [0.15, 0.2) is 42.5 Å². The van der Waals surface area contributed by atoms with Gasteiger partial charge in [-0.15, -0.1) is 0 Å². The van der Waals surface area contributed by atoms with Crippen molar-refractivity contribution in [3.63, 3.8) is 0 Å². The summed E-state index contributed by atoms with van der Waals surface area (Å²) in [5.41, 5.74) is 2.98. The molecule has 0 radical (unpaired) electrons. The Morgan fingerprint density at radius 1 is 1.10 bits per heavy atom. The molecule has 0 fully saturated rings. The van der Waals surface area contributed by atoms with Crippen LogP contribution in [0.2, 0.25) is 0 Å². The predicted octanol–water partition coefficient (Wildman–Crippen LogP) is 3.16. The second-order valence-corrected chi connectivity index (χ2v) is 4.83. The monoisotopic (exact) mass is 287 g/mol. The van der Waals surface area contributed by atoms with Crippen molar-refractivity contribution in [2.75, 3.05) is 26.1 Å². The number of aliphatic hydroxyl groups is 1. The average molecular weight is 287 g/mol. The Balaban J connectivity index is 2.33. The Hall–Kier alpha value is -2.20. The number of ether oxygens (including phenoxy) is 2. The summed E-state index contributed by atoms with van der Waals surface area (Å²) < 4.78 is 10.7. The zero-order valence-electron chi connectivity index (χ0n) is 12.6. The minimum absolute atomic E-state index is 0.0442. The smallest absolute Gasteiger partial charge is 0.166 e. The maximum absolute atomic E-state index is 9.73. The summed E-state index contributed by atoms with van der Waals surface area (Å²) in [6.07, 6.45) is 0. The molecule has 4 nitrogen and oxygen atoms in total. The van der Waals surface area contributed by atoms with E-state index in [1.54, 1.807) is 14.2 Å². The number of para-hydroxylation sites is 1. The van der Waals surface area contributed by atoms with Gasteiger partial charge < -0.3 is 19.9 Å². The molecule has 2 rings (SSSR count). The highest BCUT2D eigenvalue weighted by molar-refractivity contribution is 5.53. The molecule has 0 amide bonds. The third-order valence-electron chi connectivity index (χ3n) is 3.35. The number of benzene rings is 2. The van der Waals surface area contributed by atoms with Crippen LogP contribution >= 0.6 is 0 Å². The van der Waals surface area contributed by atoms with Crippen LogP contribution in [0.3, 0.4) is 0 Å². The molecule has 0 saturated carbocycles. The Morgan fingerprint density at radius 2 is 1.86 bits per heavy atom. The van der Waals surface area contributed by atoms with Crippen LogP contribution in [0, 0.1) is 6.92 Å². The van der Waals surface area contributed by atoms with Gasteiger partial charge in [0.2, 0.25) is 0 Å². The lowest BCUT2D eigenvalue weighted by Gasteiger charge is -2.21. The molecule has 1 atom stereocenters.